The highest BCUT2D eigenvalue weighted by atomic mass is 16.4. The van der Waals surface area contributed by atoms with Gasteiger partial charge in [0, 0.05) is 19.4 Å². The topological polar surface area (TPSA) is 86.6 Å². The van der Waals surface area contributed by atoms with E-state index in [9.17, 15) is 9.59 Å². The van der Waals surface area contributed by atoms with Crippen LogP contribution in [0.15, 0.2) is 24.3 Å². The number of hydrogen-bond acceptors (Lipinski definition) is 3. The Hall–Kier alpha value is -1.88. The molecule has 0 saturated carbocycles. The van der Waals surface area contributed by atoms with Gasteiger partial charge < -0.3 is 15.5 Å². The van der Waals surface area contributed by atoms with Crippen LogP contribution in [0.25, 0.3) is 0 Å². The Bertz CT molecular complexity index is 417. The fourth-order valence-electron chi connectivity index (χ4n) is 1.53. The second-order valence-electron chi connectivity index (χ2n) is 4.00. The van der Waals surface area contributed by atoms with Gasteiger partial charge in [0.25, 0.3) is 0 Å². The maximum absolute atomic E-state index is 11.4. The van der Waals surface area contributed by atoms with Gasteiger partial charge >= 0.3 is 5.97 Å². The van der Waals surface area contributed by atoms with Gasteiger partial charge in [-0.05, 0) is 17.5 Å². The van der Waals surface area contributed by atoms with Crippen molar-refractivity contribution < 1.29 is 19.8 Å². The smallest absolute Gasteiger partial charge is 0.303 e. The number of amides is 1. The molecule has 1 aromatic carbocycles. The maximum atomic E-state index is 11.4. The molecule has 0 atom stereocenters. The molecule has 1 aromatic rings. The normalized spacial score (nSPS) is 10.1. The average Bonchev–Trinajstić information content (AvgIpc) is 2.36. The van der Waals surface area contributed by atoms with Crippen molar-refractivity contribution in [2.45, 2.75) is 32.4 Å². The van der Waals surface area contributed by atoms with Crippen LogP contribution in [-0.4, -0.2) is 22.1 Å². The summed E-state index contributed by atoms with van der Waals surface area (Å²) >= 11 is 0. The number of carbonyl (C=O) groups excluding carboxylic acids is 1. The van der Waals surface area contributed by atoms with Crippen molar-refractivity contribution in [2.75, 3.05) is 0 Å². The fourth-order valence-corrected chi connectivity index (χ4v) is 1.53. The summed E-state index contributed by atoms with van der Waals surface area (Å²) in [6, 6.07) is 7.30. The lowest BCUT2D eigenvalue weighted by Crippen LogP contribution is -2.22. The number of carboxylic acids is 1. The Morgan fingerprint density at radius 1 is 1.17 bits per heavy atom. The Labute approximate surface area is 105 Å². The summed E-state index contributed by atoms with van der Waals surface area (Å²) in [5.41, 5.74) is 1.71. The number of rotatable bonds is 7. The van der Waals surface area contributed by atoms with Crippen LogP contribution in [0, 0.1) is 0 Å². The van der Waals surface area contributed by atoms with E-state index in [2.05, 4.69) is 5.32 Å². The van der Waals surface area contributed by atoms with Gasteiger partial charge in [0.15, 0.2) is 0 Å². The van der Waals surface area contributed by atoms with Gasteiger partial charge in [0.2, 0.25) is 5.91 Å². The molecular weight excluding hydrogens is 234 g/mol. The first-order valence-electron chi connectivity index (χ1n) is 5.79. The van der Waals surface area contributed by atoms with E-state index in [4.69, 9.17) is 10.2 Å². The number of benzene rings is 1. The molecule has 18 heavy (non-hydrogen) atoms. The van der Waals surface area contributed by atoms with Crippen molar-refractivity contribution >= 4 is 11.9 Å². The molecule has 0 radical (unpaired) electrons. The molecule has 0 bridgehead atoms. The van der Waals surface area contributed by atoms with Crippen LogP contribution in [0.3, 0.4) is 0 Å². The minimum atomic E-state index is -0.890. The van der Waals surface area contributed by atoms with Crippen molar-refractivity contribution in [3.05, 3.63) is 35.4 Å². The largest absolute Gasteiger partial charge is 0.481 e. The molecule has 3 N–H and O–H groups in total. The van der Waals surface area contributed by atoms with Gasteiger partial charge in [-0.15, -0.1) is 0 Å². The summed E-state index contributed by atoms with van der Waals surface area (Å²) in [5.74, 6) is -1.05. The molecule has 0 fully saturated rings. The highest BCUT2D eigenvalue weighted by Gasteiger charge is 2.04. The molecule has 0 aromatic heterocycles. The van der Waals surface area contributed by atoms with E-state index in [0.29, 0.717) is 13.0 Å². The lowest BCUT2D eigenvalue weighted by molar-refractivity contribution is -0.137. The van der Waals surface area contributed by atoms with Gasteiger partial charge in [-0.2, -0.15) is 0 Å². The van der Waals surface area contributed by atoms with Crippen LogP contribution in [0.1, 0.15) is 30.4 Å². The van der Waals surface area contributed by atoms with Crippen molar-refractivity contribution in [2.24, 2.45) is 0 Å². The van der Waals surface area contributed by atoms with E-state index in [0.717, 1.165) is 11.1 Å². The van der Waals surface area contributed by atoms with Gasteiger partial charge in [0.05, 0.1) is 6.61 Å². The summed E-state index contributed by atoms with van der Waals surface area (Å²) < 4.78 is 0. The highest BCUT2D eigenvalue weighted by molar-refractivity contribution is 5.76. The predicted octanol–water partition coefficient (Wildman–Crippen LogP) is 1.05. The third kappa shape index (κ3) is 5.45. The zero-order chi connectivity index (χ0) is 13.4. The van der Waals surface area contributed by atoms with Crippen LogP contribution < -0.4 is 5.32 Å². The molecule has 0 saturated heterocycles. The highest BCUT2D eigenvalue weighted by Crippen LogP contribution is 2.05. The lowest BCUT2D eigenvalue weighted by Gasteiger charge is -2.06. The zero-order valence-corrected chi connectivity index (χ0v) is 10.1. The molecule has 0 heterocycles. The molecule has 0 aliphatic carbocycles. The standard InChI is InChI=1S/C13H17NO4/c15-9-11-4-1-3-10(7-11)8-14-12(16)5-2-6-13(17)18/h1,3-4,7,15H,2,5-6,8-9H2,(H,14,16)(H,17,18). The molecule has 0 unspecified atom stereocenters. The summed E-state index contributed by atoms with van der Waals surface area (Å²) in [5, 5.41) is 20.1. The number of hydrogen-bond donors (Lipinski definition) is 3. The van der Waals surface area contributed by atoms with E-state index in [1.807, 2.05) is 18.2 Å². The first-order chi connectivity index (χ1) is 8.61. The first-order valence-corrected chi connectivity index (χ1v) is 5.79. The number of aliphatic carboxylic acids is 1. The second-order valence-corrected chi connectivity index (χ2v) is 4.00. The van der Waals surface area contributed by atoms with Crippen molar-refractivity contribution in [3.63, 3.8) is 0 Å². The number of nitrogens with one attached hydrogen (secondary N) is 1. The third-order valence-electron chi connectivity index (χ3n) is 2.46. The van der Waals surface area contributed by atoms with E-state index in [1.165, 1.54) is 0 Å². The van der Waals surface area contributed by atoms with Crippen LogP contribution in [0.5, 0.6) is 0 Å². The Morgan fingerprint density at radius 2 is 1.89 bits per heavy atom. The third-order valence-corrected chi connectivity index (χ3v) is 2.46. The number of aliphatic hydroxyl groups excluding tert-OH is 1. The lowest BCUT2D eigenvalue weighted by atomic mass is 10.1. The maximum Gasteiger partial charge on any atom is 0.303 e. The number of carbonyl (C=O) groups is 2. The molecule has 0 spiro atoms. The molecule has 0 aliphatic heterocycles. The van der Waals surface area contributed by atoms with Gasteiger partial charge in [-0.25, -0.2) is 0 Å². The molecule has 0 aliphatic rings. The Morgan fingerprint density at radius 3 is 2.56 bits per heavy atom. The molecule has 98 valence electrons. The van der Waals surface area contributed by atoms with Crippen LogP contribution in [0.2, 0.25) is 0 Å². The Balaban J connectivity index is 2.31. The van der Waals surface area contributed by atoms with Crippen molar-refractivity contribution in [1.29, 1.82) is 0 Å². The summed E-state index contributed by atoms with van der Waals surface area (Å²) in [6.45, 7) is 0.361. The van der Waals surface area contributed by atoms with E-state index >= 15 is 0 Å². The van der Waals surface area contributed by atoms with Gasteiger partial charge in [-0.1, -0.05) is 24.3 Å². The van der Waals surface area contributed by atoms with E-state index in [1.54, 1.807) is 6.07 Å². The predicted molar refractivity (Wildman–Crippen MR) is 65.7 cm³/mol. The Kier molecular flexibility index (Phi) is 5.87. The SMILES string of the molecule is O=C(O)CCCC(=O)NCc1cccc(CO)c1. The molecule has 5 nitrogen and oxygen atoms in total. The zero-order valence-electron chi connectivity index (χ0n) is 10.1. The summed E-state index contributed by atoms with van der Waals surface area (Å²) in [7, 11) is 0. The molecular formula is C13H17NO4. The summed E-state index contributed by atoms with van der Waals surface area (Å²) in [6.07, 6.45) is 0.567. The van der Waals surface area contributed by atoms with Crippen molar-refractivity contribution in [1.82, 2.24) is 5.32 Å². The number of carboxylic acid groups (broad SMARTS) is 1. The first kappa shape index (κ1) is 14.2. The monoisotopic (exact) mass is 251 g/mol. The fraction of sp³-hybridized carbons (Fsp3) is 0.385. The van der Waals surface area contributed by atoms with Gasteiger partial charge in [0.1, 0.15) is 0 Å². The molecule has 1 amide bonds. The van der Waals surface area contributed by atoms with Gasteiger partial charge in [-0.3, -0.25) is 9.59 Å². The minimum absolute atomic E-state index is 0.00736. The van der Waals surface area contributed by atoms with Crippen molar-refractivity contribution in [3.8, 4) is 0 Å². The molecule has 1 rings (SSSR count). The van der Waals surface area contributed by atoms with Crippen LogP contribution in [-0.2, 0) is 22.7 Å². The number of aliphatic hydroxyl groups is 1. The van der Waals surface area contributed by atoms with E-state index in [-0.39, 0.29) is 25.4 Å². The van der Waals surface area contributed by atoms with E-state index < -0.39 is 5.97 Å². The summed E-state index contributed by atoms with van der Waals surface area (Å²) in [4.78, 5) is 21.7. The minimum Gasteiger partial charge on any atom is -0.481 e. The molecule has 5 heteroatoms. The van der Waals surface area contributed by atoms with Crippen LogP contribution in [0.4, 0.5) is 0 Å². The quantitative estimate of drug-likeness (QED) is 0.676. The average molecular weight is 251 g/mol. The van der Waals surface area contributed by atoms with Crippen LogP contribution >= 0.6 is 0 Å². The second kappa shape index (κ2) is 7.45.